The minimum absolute atomic E-state index is 0.0798. The van der Waals surface area contributed by atoms with Crippen LogP contribution >= 0.6 is 15.9 Å². The zero-order chi connectivity index (χ0) is 13.5. The molecule has 0 aliphatic carbocycles. The minimum atomic E-state index is -3.67. The number of rotatable bonds is 1. The van der Waals surface area contributed by atoms with Crippen LogP contribution in [0.4, 0.5) is 0 Å². The summed E-state index contributed by atoms with van der Waals surface area (Å²) in [4.78, 5) is 12.0. The highest BCUT2D eigenvalue weighted by molar-refractivity contribution is 9.15. The highest BCUT2D eigenvalue weighted by atomic mass is 79.9. The molecular weight excluding hydrogens is 320 g/mol. The third kappa shape index (κ3) is 1.74. The van der Waals surface area contributed by atoms with Crippen LogP contribution in [0.5, 0.6) is 0 Å². The Hall–Kier alpha value is -1.34. The molecule has 0 spiro atoms. The molecule has 1 aliphatic rings. The molecule has 0 bridgehead atoms. The van der Waals surface area contributed by atoms with E-state index in [1.54, 1.807) is 18.2 Å². The third-order valence-electron chi connectivity index (χ3n) is 2.73. The number of sulfonamides is 1. The van der Waals surface area contributed by atoms with Crippen LogP contribution in [0.2, 0.25) is 0 Å². The average Bonchev–Trinajstić information content (AvgIpc) is 2.37. The van der Waals surface area contributed by atoms with Crippen molar-refractivity contribution >= 4 is 36.3 Å². The van der Waals surface area contributed by atoms with Crippen LogP contribution in [0.3, 0.4) is 0 Å². The van der Waals surface area contributed by atoms with Gasteiger partial charge in [0.05, 0.1) is 9.38 Å². The number of amides is 1. The molecule has 5 nitrogen and oxygen atoms in total. The Morgan fingerprint density at radius 2 is 1.94 bits per heavy atom. The monoisotopic (exact) mass is 330 g/mol. The van der Waals surface area contributed by atoms with Crippen LogP contribution in [-0.2, 0) is 14.8 Å². The Labute approximate surface area is 114 Å². The van der Waals surface area contributed by atoms with Gasteiger partial charge in [0.15, 0.2) is 0 Å². The molecule has 0 atom stereocenters. The molecule has 7 heteroatoms. The van der Waals surface area contributed by atoms with E-state index in [0.717, 1.165) is 4.31 Å². The quantitative estimate of drug-likeness (QED) is 0.839. The highest BCUT2D eigenvalue weighted by Gasteiger charge is 2.36. The summed E-state index contributed by atoms with van der Waals surface area (Å²) in [5, 5.41) is 2.43. The molecule has 18 heavy (non-hydrogen) atoms. The predicted octanol–water partition coefficient (Wildman–Crippen LogP) is 1.13. The van der Waals surface area contributed by atoms with Crippen molar-refractivity contribution in [2.24, 2.45) is 0 Å². The van der Waals surface area contributed by atoms with Gasteiger partial charge in [-0.25, -0.2) is 8.42 Å². The number of hydrogen-bond acceptors (Lipinski definition) is 3. The van der Waals surface area contributed by atoms with E-state index in [1.807, 2.05) is 0 Å². The molecule has 0 aromatic heterocycles. The lowest BCUT2D eigenvalue weighted by molar-refractivity contribution is -0.117. The fraction of sp³-hybridized carbons (Fsp3) is 0.182. The molecule has 1 aromatic carbocycles. The summed E-state index contributed by atoms with van der Waals surface area (Å²) in [5.41, 5.74) is 0.574. The normalized spacial score (nSPS) is 17.4. The van der Waals surface area contributed by atoms with Gasteiger partial charge in [0, 0.05) is 19.7 Å². The molecule has 0 saturated carbocycles. The van der Waals surface area contributed by atoms with Crippen molar-refractivity contribution in [1.82, 2.24) is 9.62 Å². The number of likely N-dealkylation sites (N-methyl/N-ethyl adjacent to an activating group) is 2. The first-order valence-corrected chi connectivity index (χ1v) is 7.34. The van der Waals surface area contributed by atoms with Gasteiger partial charge in [-0.2, -0.15) is 0 Å². The zero-order valence-electron chi connectivity index (χ0n) is 9.77. The molecule has 0 unspecified atom stereocenters. The van der Waals surface area contributed by atoms with Crippen molar-refractivity contribution < 1.29 is 13.2 Å². The Bertz CT molecular complexity index is 652. The van der Waals surface area contributed by atoms with Crippen molar-refractivity contribution in [1.29, 1.82) is 0 Å². The lowest BCUT2D eigenvalue weighted by Gasteiger charge is -2.28. The van der Waals surface area contributed by atoms with Gasteiger partial charge in [0.2, 0.25) is 0 Å². The summed E-state index contributed by atoms with van der Waals surface area (Å²) in [6.45, 7) is 0. The maximum absolute atomic E-state index is 12.3. The molecule has 1 amide bonds. The van der Waals surface area contributed by atoms with Crippen LogP contribution in [0.1, 0.15) is 5.56 Å². The maximum Gasteiger partial charge on any atom is 0.269 e. The lowest BCUT2D eigenvalue weighted by Crippen LogP contribution is -2.38. The van der Waals surface area contributed by atoms with Crippen molar-refractivity contribution in [2.45, 2.75) is 4.90 Å². The number of nitrogens with one attached hydrogen (secondary N) is 1. The second kappa shape index (κ2) is 4.40. The molecule has 0 saturated heterocycles. The summed E-state index contributed by atoms with van der Waals surface area (Å²) in [5.74, 6) is -0.456. The zero-order valence-corrected chi connectivity index (χ0v) is 12.2. The van der Waals surface area contributed by atoms with Crippen LogP contribution < -0.4 is 5.32 Å². The fourth-order valence-corrected chi connectivity index (χ4v) is 4.22. The summed E-state index contributed by atoms with van der Waals surface area (Å²) in [6, 6.07) is 6.55. The van der Waals surface area contributed by atoms with E-state index < -0.39 is 15.9 Å². The van der Waals surface area contributed by atoms with Crippen molar-refractivity contribution in [3.63, 3.8) is 0 Å². The van der Waals surface area contributed by atoms with Crippen LogP contribution in [0, 0.1) is 0 Å². The molecule has 0 fully saturated rings. The fourth-order valence-electron chi connectivity index (χ4n) is 1.77. The smallest absolute Gasteiger partial charge is 0.269 e. The van der Waals surface area contributed by atoms with Gasteiger partial charge in [-0.1, -0.05) is 18.2 Å². The Balaban J connectivity index is 2.81. The van der Waals surface area contributed by atoms with Crippen molar-refractivity contribution in [2.75, 3.05) is 14.1 Å². The van der Waals surface area contributed by atoms with E-state index in [2.05, 4.69) is 21.2 Å². The van der Waals surface area contributed by atoms with Gasteiger partial charge in [0.1, 0.15) is 5.70 Å². The second-order valence-corrected chi connectivity index (χ2v) is 6.44. The Kier molecular flexibility index (Phi) is 3.20. The van der Waals surface area contributed by atoms with E-state index in [0.29, 0.717) is 10.0 Å². The highest BCUT2D eigenvalue weighted by Crippen LogP contribution is 2.38. The lowest BCUT2D eigenvalue weighted by atomic mass is 10.2. The molecule has 1 aromatic rings. The molecule has 1 aliphatic heterocycles. The third-order valence-corrected chi connectivity index (χ3v) is 5.35. The van der Waals surface area contributed by atoms with Crippen molar-refractivity contribution in [3.05, 3.63) is 35.5 Å². The van der Waals surface area contributed by atoms with Gasteiger partial charge in [0.25, 0.3) is 15.9 Å². The van der Waals surface area contributed by atoms with Gasteiger partial charge < -0.3 is 5.32 Å². The minimum Gasteiger partial charge on any atom is -0.354 e. The molecular formula is C11H11BrN2O3S. The molecule has 2 rings (SSSR count). The predicted molar refractivity (Wildman–Crippen MR) is 71.3 cm³/mol. The number of carbonyl (C=O) groups is 1. The van der Waals surface area contributed by atoms with Crippen LogP contribution in [0.15, 0.2) is 34.9 Å². The molecule has 1 heterocycles. The first kappa shape index (κ1) is 13.1. The number of fused-ring (bicyclic) bond motifs is 1. The molecule has 1 N–H and O–H groups in total. The molecule has 96 valence electrons. The Morgan fingerprint density at radius 3 is 2.56 bits per heavy atom. The van der Waals surface area contributed by atoms with E-state index >= 15 is 0 Å². The average molecular weight is 331 g/mol. The maximum atomic E-state index is 12.3. The van der Waals surface area contributed by atoms with E-state index in [9.17, 15) is 13.2 Å². The van der Waals surface area contributed by atoms with E-state index in [-0.39, 0.29) is 10.6 Å². The standard InChI is InChI=1S/C11H11BrN2O3S/c1-13-11(15)10-9(12)7-5-3-4-6-8(7)18(16,17)14(10)2/h3-6H,1-2H3,(H,13,15). The summed E-state index contributed by atoms with van der Waals surface area (Å²) in [6.07, 6.45) is 0. The number of carbonyl (C=O) groups excluding carboxylic acids is 1. The topological polar surface area (TPSA) is 66.5 Å². The number of benzene rings is 1. The number of hydrogen-bond donors (Lipinski definition) is 1. The SMILES string of the molecule is CNC(=O)C1=C(Br)c2ccccc2S(=O)(=O)N1C. The van der Waals surface area contributed by atoms with Gasteiger partial charge in [-0.05, 0) is 22.0 Å². The van der Waals surface area contributed by atoms with E-state index in [1.165, 1.54) is 20.2 Å². The van der Waals surface area contributed by atoms with Crippen LogP contribution in [-0.4, -0.2) is 32.7 Å². The largest absolute Gasteiger partial charge is 0.354 e. The van der Waals surface area contributed by atoms with Gasteiger partial charge in [-0.15, -0.1) is 0 Å². The number of halogens is 1. The number of nitrogens with zero attached hydrogens (tertiary/aromatic N) is 1. The second-order valence-electron chi connectivity index (χ2n) is 3.71. The summed E-state index contributed by atoms with van der Waals surface area (Å²) in [7, 11) is -0.860. The van der Waals surface area contributed by atoms with Crippen molar-refractivity contribution in [3.8, 4) is 0 Å². The first-order chi connectivity index (χ1) is 8.41. The van der Waals surface area contributed by atoms with Gasteiger partial charge in [-0.3, -0.25) is 9.10 Å². The summed E-state index contributed by atoms with van der Waals surface area (Å²) < 4.78 is 26.0. The molecule has 0 radical (unpaired) electrons. The summed E-state index contributed by atoms with van der Waals surface area (Å²) >= 11 is 3.30. The van der Waals surface area contributed by atoms with Gasteiger partial charge >= 0.3 is 0 Å². The van der Waals surface area contributed by atoms with Crippen LogP contribution in [0.25, 0.3) is 4.48 Å². The first-order valence-electron chi connectivity index (χ1n) is 5.11. The van der Waals surface area contributed by atoms with E-state index in [4.69, 9.17) is 0 Å². The Morgan fingerprint density at radius 1 is 1.33 bits per heavy atom.